The van der Waals surface area contributed by atoms with Gasteiger partial charge in [-0.05, 0) is 71.1 Å². The van der Waals surface area contributed by atoms with E-state index in [0.29, 0.717) is 0 Å². The van der Waals surface area contributed by atoms with Crippen LogP contribution in [0.1, 0.15) is 0 Å². The molecule has 0 radical (unpaired) electrons. The quantitative estimate of drug-likeness (QED) is 0.193. The molecule has 0 aliphatic heterocycles. The molecule has 0 N–H and O–H groups in total. The van der Waals surface area contributed by atoms with Crippen molar-refractivity contribution >= 4 is 75.5 Å². The summed E-state index contributed by atoms with van der Waals surface area (Å²) in [5, 5.41) is 16.5. The third-order valence-electron chi connectivity index (χ3n) is 9.56. The summed E-state index contributed by atoms with van der Waals surface area (Å²) in [6, 6.07) is 55.4. The molecule has 10 rings (SSSR count). The summed E-state index contributed by atoms with van der Waals surface area (Å²) < 4.78 is 0. The van der Waals surface area contributed by atoms with E-state index in [1.165, 1.54) is 81.1 Å². The fraction of sp³-hybridized carbons (Fsp3) is 0. The molecule has 1 aromatic heterocycles. The van der Waals surface area contributed by atoms with Crippen LogP contribution in [0.5, 0.6) is 0 Å². The normalized spacial score (nSPS) is 12.1. The van der Waals surface area contributed by atoms with Crippen LogP contribution >= 0.6 is 0 Å². The van der Waals surface area contributed by atoms with Gasteiger partial charge < -0.3 is 0 Å². The van der Waals surface area contributed by atoms with E-state index in [4.69, 9.17) is 4.98 Å². The van der Waals surface area contributed by atoms with E-state index in [1.54, 1.807) is 0 Å². The van der Waals surface area contributed by atoms with E-state index in [1.807, 2.05) is 0 Å². The van der Waals surface area contributed by atoms with Crippen molar-refractivity contribution in [1.82, 2.24) is 4.98 Å². The first-order valence-electron chi connectivity index (χ1n) is 15.2. The molecule has 0 fully saturated rings. The summed E-state index contributed by atoms with van der Waals surface area (Å²) in [6.45, 7) is 0. The molecule has 0 aliphatic rings. The van der Waals surface area contributed by atoms with Gasteiger partial charge in [0, 0.05) is 21.7 Å². The van der Waals surface area contributed by atoms with Gasteiger partial charge in [0.2, 0.25) is 0 Å². The molecule has 44 heavy (non-hydrogen) atoms. The molecule has 9 aromatic carbocycles. The second kappa shape index (κ2) is 8.86. The fourth-order valence-corrected chi connectivity index (χ4v) is 7.64. The Morgan fingerprint density at radius 1 is 0.318 bits per heavy atom. The number of benzene rings is 9. The van der Waals surface area contributed by atoms with Gasteiger partial charge in [-0.25, -0.2) is 4.98 Å². The lowest BCUT2D eigenvalue weighted by atomic mass is 9.88. The standard InChI is InChI=1S/C43H25N/c1-2-9-29(10-3-1)43-42-35-16-7-5-14-33(35)32-13-4-6-15-34(32)41(42)37-24-21-30(25-38(37)44-43)31-22-19-28-18-17-26-11-8-12-27-20-23-36(31)40(28)39(26)27/h1-25H. The smallest absolute Gasteiger partial charge is 0.0794 e. The molecule has 0 atom stereocenters. The molecule has 0 saturated carbocycles. The largest absolute Gasteiger partial charge is 0.247 e. The van der Waals surface area contributed by atoms with Crippen LogP contribution in [0.15, 0.2) is 152 Å². The Hall–Kier alpha value is -5.79. The zero-order valence-corrected chi connectivity index (χ0v) is 23.9. The van der Waals surface area contributed by atoms with E-state index in [9.17, 15) is 0 Å². The van der Waals surface area contributed by atoms with Gasteiger partial charge in [-0.2, -0.15) is 0 Å². The van der Waals surface area contributed by atoms with E-state index in [-0.39, 0.29) is 0 Å². The van der Waals surface area contributed by atoms with Crippen LogP contribution in [0.3, 0.4) is 0 Å². The maximum absolute atomic E-state index is 5.48. The first-order valence-corrected chi connectivity index (χ1v) is 15.2. The van der Waals surface area contributed by atoms with Gasteiger partial charge in [-0.3, -0.25) is 0 Å². The Morgan fingerprint density at radius 3 is 1.66 bits per heavy atom. The number of hydrogen-bond acceptors (Lipinski definition) is 1. The summed E-state index contributed by atoms with van der Waals surface area (Å²) in [4.78, 5) is 5.48. The van der Waals surface area contributed by atoms with Gasteiger partial charge in [0.15, 0.2) is 0 Å². The zero-order chi connectivity index (χ0) is 28.8. The first kappa shape index (κ1) is 23.7. The number of aromatic nitrogens is 1. The van der Waals surface area contributed by atoms with Crippen LogP contribution < -0.4 is 0 Å². The van der Waals surface area contributed by atoms with E-state index < -0.39 is 0 Å². The molecule has 0 aliphatic carbocycles. The van der Waals surface area contributed by atoms with Gasteiger partial charge in [0.05, 0.1) is 11.2 Å². The minimum atomic E-state index is 1.01. The third-order valence-corrected chi connectivity index (χ3v) is 9.56. The Morgan fingerprint density at radius 2 is 0.909 bits per heavy atom. The predicted molar refractivity (Wildman–Crippen MR) is 189 cm³/mol. The molecule has 1 nitrogen and oxygen atoms in total. The summed E-state index contributed by atoms with van der Waals surface area (Å²) in [5.41, 5.74) is 5.60. The average Bonchev–Trinajstić information content (AvgIpc) is 3.10. The molecular formula is C43H25N. The lowest BCUT2D eigenvalue weighted by molar-refractivity contribution is 1.43. The molecule has 202 valence electrons. The molecule has 0 amide bonds. The highest BCUT2D eigenvalue weighted by molar-refractivity contribution is 6.34. The minimum absolute atomic E-state index is 1.01. The molecule has 0 saturated heterocycles. The fourth-order valence-electron chi connectivity index (χ4n) is 7.64. The Kier molecular flexibility index (Phi) is 4.78. The van der Waals surface area contributed by atoms with Gasteiger partial charge in [-0.1, -0.05) is 146 Å². The number of pyridine rings is 1. The van der Waals surface area contributed by atoms with Crippen LogP contribution in [0.25, 0.3) is 97.9 Å². The first-order chi connectivity index (χ1) is 21.8. The topological polar surface area (TPSA) is 12.9 Å². The van der Waals surface area contributed by atoms with Crippen LogP contribution in [-0.2, 0) is 0 Å². The van der Waals surface area contributed by atoms with Gasteiger partial charge >= 0.3 is 0 Å². The van der Waals surface area contributed by atoms with E-state index >= 15 is 0 Å². The van der Waals surface area contributed by atoms with Crippen molar-refractivity contribution in [2.75, 3.05) is 0 Å². The maximum Gasteiger partial charge on any atom is 0.0794 e. The molecule has 1 heteroatoms. The number of nitrogens with zero attached hydrogens (tertiary/aromatic N) is 1. The second-order valence-corrected chi connectivity index (χ2v) is 11.9. The Labute approximate surface area is 254 Å². The van der Waals surface area contributed by atoms with E-state index in [2.05, 4.69) is 152 Å². The van der Waals surface area contributed by atoms with Crippen LogP contribution in [0.4, 0.5) is 0 Å². The zero-order valence-electron chi connectivity index (χ0n) is 23.9. The molecule has 10 aromatic rings. The van der Waals surface area contributed by atoms with Gasteiger partial charge in [-0.15, -0.1) is 0 Å². The highest BCUT2D eigenvalue weighted by Gasteiger charge is 2.18. The second-order valence-electron chi connectivity index (χ2n) is 11.9. The van der Waals surface area contributed by atoms with Crippen molar-refractivity contribution in [2.24, 2.45) is 0 Å². The number of rotatable bonds is 2. The van der Waals surface area contributed by atoms with Crippen LogP contribution in [0, 0.1) is 0 Å². The third kappa shape index (κ3) is 3.21. The molecule has 0 unspecified atom stereocenters. The predicted octanol–water partition coefficient (Wildman–Crippen LogP) is 11.9. The van der Waals surface area contributed by atoms with Crippen molar-refractivity contribution in [3.63, 3.8) is 0 Å². The van der Waals surface area contributed by atoms with E-state index in [0.717, 1.165) is 16.8 Å². The van der Waals surface area contributed by atoms with Crippen molar-refractivity contribution in [3.8, 4) is 22.4 Å². The molecule has 0 spiro atoms. The summed E-state index contributed by atoms with van der Waals surface area (Å²) in [5.74, 6) is 0. The lowest BCUT2D eigenvalue weighted by Gasteiger charge is -2.17. The molecular weight excluding hydrogens is 530 g/mol. The van der Waals surface area contributed by atoms with Crippen molar-refractivity contribution < 1.29 is 0 Å². The Balaban J connectivity index is 1.34. The van der Waals surface area contributed by atoms with Crippen molar-refractivity contribution in [2.45, 2.75) is 0 Å². The lowest BCUT2D eigenvalue weighted by Crippen LogP contribution is -1.94. The highest BCUT2D eigenvalue weighted by atomic mass is 14.7. The van der Waals surface area contributed by atoms with Gasteiger partial charge in [0.25, 0.3) is 0 Å². The molecule has 0 bridgehead atoms. The minimum Gasteiger partial charge on any atom is -0.247 e. The van der Waals surface area contributed by atoms with Crippen LogP contribution in [-0.4, -0.2) is 4.98 Å². The highest BCUT2D eigenvalue weighted by Crippen LogP contribution is 2.44. The Bertz CT molecular complexity index is 2740. The summed E-state index contributed by atoms with van der Waals surface area (Å²) in [7, 11) is 0. The van der Waals surface area contributed by atoms with Crippen LogP contribution in [0.2, 0.25) is 0 Å². The monoisotopic (exact) mass is 555 g/mol. The average molecular weight is 556 g/mol. The SMILES string of the molecule is c1ccc(-c2nc3cc(-c4ccc5ccc6cccc7ccc4c5c67)ccc3c3c4ccccc4c4ccccc4c23)cc1. The molecule has 1 heterocycles. The summed E-state index contributed by atoms with van der Waals surface area (Å²) >= 11 is 0. The van der Waals surface area contributed by atoms with Crippen molar-refractivity contribution in [1.29, 1.82) is 0 Å². The van der Waals surface area contributed by atoms with Gasteiger partial charge in [0.1, 0.15) is 0 Å². The number of hydrogen-bond donors (Lipinski definition) is 0. The summed E-state index contributed by atoms with van der Waals surface area (Å²) in [6.07, 6.45) is 0. The maximum atomic E-state index is 5.48. The van der Waals surface area contributed by atoms with Crippen molar-refractivity contribution in [3.05, 3.63) is 152 Å². The number of fused-ring (bicyclic) bond motifs is 8.